The summed E-state index contributed by atoms with van der Waals surface area (Å²) in [5, 5.41) is 9.71. The normalized spacial score (nSPS) is 18.2. The maximum atomic E-state index is 11.6. The Morgan fingerprint density at radius 3 is 2.88 bits per heavy atom. The number of carbonyl (C=O) groups is 2. The van der Waals surface area contributed by atoms with Gasteiger partial charge in [0.2, 0.25) is 0 Å². The number of phenolic OH excluding ortho intramolecular Hbond substituents is 1. The van der Waals surface area contributed by atoms with Crippen molar-refractivity contribution < 1.29 is 24.2 Å². The number of ether oxygens (including phenoxy) is 2. The van der Waals surface area contributed by atoms with Crippen molar-refractivity contribution >= 4 is 11.9 Å². The van der Waals surface area contributed by atoms with Crippen LogP contribution in [0, 0.1) is 0 Å². The minimum atomic E-state index is -0.550. The van der Waals surface area contributed by atoms with E-state index in [9.17, 15) is 14.7 Å². The third kappa shape index (κ3) is 2.22. The van der Waals surface area contributed by atoms with Crippen LogP contribution in [-0.4, -0.2) is 23.1 Å². The fraction of sp³-hybridized carbons (Fsp3) is 0.333. The predicted octanol–water partition coefficient (Wildman–Crippen LogP) is 1.42. The molecule has 90 valence electrons. The summed E-state index contributed by atoms with van der Waals surface area (Å²) in [5.74, 6) is -1.02. The zero-order chi connectivity index (χ0) is 12.6. The van der Waals surface area contributed by atoms with E-state index in [-0.39, 0.29) is 23.2 Å². The van der Waals surface area contributed by atoms with Gasteiger partial charge in [-0.1, -0.05) is 0 Å². The van der Waals surface area contributed by atoms with E-state index in [1.165, 1.54) is 13.0 Å². The number of cyclic esters (lactones) is 1. The molecule has 0 spiro atoms. The fourth-order valence-electron chi connectivity index (χ4n) is 1.87. The minimum absolute atomic E-state index is 0.152. The van der Waals surface area contributed by atoms with Gasteiger partial charge in [-0.05, 0) is 18.6 Å². The van der Waals surface area contributed by atoms with Crippen LogP contribution in [0.1, 0.15) is 29.8 Å². The lowest BCUT2D eigenvalue weighted by Crippen LogP contribution is -2.25. The molecule has 5 nitrogen and oxygen atoms in total. The molecule has 5 heteroatoms. The summed E-state index contributed by atoms with van der Waals surface area (Å²) >= 11 is 0. The van der Waals surface area contributed by atoms with E-state index in [0.717, 1.165) is 0 Å². The first kappa shape index (κ1) is 11.4. The maximum Gasteiger partial charge on any atom is 0.342 e. The molecule has 1 aromatic rings. The third-order valence-corrected chi connectivity index (χ3v) is 2.45. The molecule has 1 N–H and O–H groups in total. The Balaban J connectivity index is 2.45. The first-order valence-electron chi connectivity index (χ1n) is 5.22. The van der Waals surface area contributed by atoms with Crippen molar-refractivity contribution in [3.63, 3.8) is 0 Å². The van der Waals surface area contributed by atoms with Crippen molar-refractivity contribution in [3.05, 3.63) is 23.3 Å². The number of esters is 2. The van der Waals surface area contributed by atoms with Crippen LogP contribution in [0.15, 0.2) is 12.1 Å². The topological polar surface area (TPSA) is 72.8 Å². The van der Waals surface area contributed by atoms with Crippen LogP contribution < -0.4 is 4.74 Å². The lowest BCUT2D eigenvalue weighted by atomic mass is 9.98. The highest BCUT2D eigenvalue weighted by Gasteiger charge is 2.27. The molecule has 0 aromatic heterocycles. The van der Waals surface area contributed by atoms with Gasteiger partial charge in [0.1, 0.15) is 23.2 Å². The number of hydrogen-bond acceptors (Lipinski definition) is 5. The standard InChI is InChI=1S/C12H12O5/c1-6-3-8-4-9(17-7(2)13)5-10(14)11(8)12(15)16-6/h4-6,14H,3H2,1-2H3/t6-/m0/s1. The zero-order valence-electron chi connectivity index (χ0n) is 9.52. The number of fused-ring (bicyclic) bond motifs is 1. The zero-order valence-corrected chi connectivity index (χ0v) is 9.52. The van der Waals surface area contributed by atoms with Crippen LogP contribution in [0.2, 0.25) is 0 Å². The molecule has 2 rings (SSSR count). The minimum Gasteiger partial charge on any atom is -0.507 e. The van der Waals surface area contributed by atoms with Gasteiger partial charge in [0.15, 0.2) is 0 Å². The maximum absolute atomic E-state index is 11.6. The molecule has 1 aromatic carbocycles. The largest absolute Gasteiger partial charge is 0.507 e. The van der Waals surface area contributed by atoms with Gasteiger partial charge in [0.25, 0.3) is 0 Å². The van der Waals surface area contributed by atoms with Crippen LogP contribution in [0.4, 0.5) is 0 Å². The molecule has 0 saturated carbocycles. The van der Waals surface area contributed by atoms with E-state index in [1.54, 1.807) is 13.0 Å². The third-order valence-electron chi connectivity index (χ3n) is 2.45. The second-order valence-electron chi connectivity index (χ2n) is 3.99. The smallest absolute Gasteiger partial charge is 0.342 e. The highest BCUT2D eigenvalue weighted by atomic mass is 16.5. The summed E-state index contributed by atoms with van der Waals surface area (Å²) in [5.41, 5.74) is 0.781. The van der Waals surface area contributed by atoms with Crippen molar-refractivity contribution in [1.82, 2.24) is 0 Å². The Hall–Kier alpha value is -2.04. The van der Waals surface area contributed by atoms with Gasteiger partial charge in [-0.2, -0.15) is 0 Å². The molecule has 0 radical (unpaired) electrons. The first-order chi connectivity index (χ1) is 7.97. The Morgan fingerprint density at radius 1 is 1.53 bits per heavy atom. The van der Waals surface area contributed by atoms with Gasteiger partial charge < -0.3 is 14.6 Å². The van der Waals surface area contributed by atoms with Crippen molar-refractivity contribution in [2.45, 2.75) is 26.4 Å². The first-order valence-corrected chi connectivity index (χ1v) is 5.22. The fourth-order valence-corrected chi connectivity index (χ4v) is 1.87. The molecule has 1 atom stereocenters. The molecule has 1 heterocycles. The van der Waals surface area contributed by atoms with Gasteiger partial charge in [0, 0.05) is 19.4 Å². The van der Waals surface area contributed by atoms with Crippen molar-refractivity contribution in [2.24, 2.45) is 0 Å². The van der Waals surface area contributed by atoms with E-state index in [4.69, 9.17) is 9.47 Å². The Bertz CT molecular complexity index is 492. The van der Waals surface area contributed by atoms with Crippen LogP contribution in [0.25, 0.3) is 0 Å². The molecule has 0 saturated heterocycles. The molecular weight excluding hydrogens is 224 g/mol. The average molecular weight is 236 g/mol. The molecule has 1 aliphatic heterocycles. The van der Waals surface area contributed by atoms with E-state index in [0.29, 0.717) is 12.0 Å². The van der Waals surface area contributed by atoms with Gasteiger partial charge >= 0.3 is 11.9 Å². The van der Waals surface area contributed by atoms with Gasteiger partial charge in [-0.25, -0.2) is 4.79 Å². The Morgan fingerprint density at radius 2 is 2.24 bits per heavy atom. The van der Waals surface area contributed by atoms with Crippen LogP contribution in [0.3, 0.4) is 0 Å². The van der Waals surface area contributed by atoms with E-state index in [2.05, 4.69) is 0 Å². The van der Waals surface area contributed by atoms with Crippen molar-refractivity contribution in [1.29, 1.82) is 0 Å². The Kier molecular flexibility index (Phi) is 2.75. The Labute approximate surface area is 98.0 Å². The van der Waals surface area contributed by atoms with E-state index >= 15 is 0 Å². The molecule has 0 bridgehead atoms. The highest BCUT2D eigenvalue weighted by molar-refractivity contribution is 5.95. The highest BCUT2D eigenvalue weighted by Crippen LogP contribution is 2.32. The van der Waals surface area contributed by atoms with Crippen LogP contribution in [-0.2, 0) is 16.0 Å². The number of carbonyl (C=O) groups excluding carboxylic acids is 2. The number of rotatable bonds is 1. The monoisotopic (exact) mass is 236 g/mol. The number of aromatic hydroxyl groups is 1. The van der Waals surface area contributed by atoms with Crippen molar-refractivity contribution in [2.75, 3.05) is 0 Å². The second-order valence-corrected chi connectivity index (χ2v) is 3.99. The lowest BCUT2D eigenvalue weighted by molar-refractivity contribution is -0.131. The van der Waals surface area contributed by atoms with Crippen molar-refractivity contribution in [3.8, 4) is 11.5 Å². The second kappa shape index (κ2) is 4.08. The van der Waals surface area contributed by atoms with Crippen LogP contribution in [0.5, 0.6) is 11.5 Å². The molecule has 0 unspecified atom stereocenters. The summed E-state index contributed by atoms with van der Waals surface area (Å²) in [7, 11) is 0. The molecule has 0 amide bonds. The number of hydrogen-bond donors (Lipinski definition) is 1. The average Bonchev–Trinajstić information content (AvgIpc) is 2.13. The quantitative estimate of drug-likeness (QED) is 0.589. The van der Waals surface area contributed by atoms with E-state index in [1.807, 2.05) is 0 Å². The van der Waals surface area contributed by atoms with E-state index < -0.39 is 11.9 Å². The summed E-state index contributed by atoms with van der Waals surface area (Å²) in [6, 6.07) is 2.81. The summed E-state index contributed by atoms with van der Waals surface area (Å²) in [6.45, 7) is 3.03. The van der Waals surface area contributed by atoms with Gasteiger partial charge in [-0.3, -0.25) is 4.79 Å². The predicted molar refractivity (Wildman–Crippen MR) is 58.0 cm³/mol. The molecule has 17 heavy (non-hydrogen) atoms. The molecule has 0 fully saturated rings. The SMILES string of the molecule is CC(=O)Oc1cc(O)c2c(c1)C[C@H](C)OC2=O. The summed E-state index contributed by atoms with van der Waals surface area (Å²) in [4.78, 5) is 22.4. The number of benzene rings is 1. The van der Waals surface area contributed by atoms with Gasteiger partial charge in [0.05, 0.1) is 0 Å². The van der Waals surface area contributed by atoms with Gasteiger partial charge in [-0.15, -0.1) is 0 Å². The van der Waals surface area contributed by atoms with Crippen LogP contribution >= 0.6 is 0 Å². The molecular formula is C12H12O5. The summed E-state index contributed by atoms with van der Waals surface area (Å²) < 4.78 is 9.89. The molecule has 1 aliphatic rings. The number of phenols is 1. The molecule has 0 aliphatic carbocycles. The lowest BCUT2D eigenvalue weighted by Gasteiger charge is -2.22. The summed E-state index contributed by atoms with van der Waals surface area (Å²) in [6.07, 6.45) is 0.242.